The van der Waals surface area contributed by atoms with E-state index < -0.39 is 0 Å². The zero-order chi connectivity index (χ0) is 10.7. The number of hydrogen-bond donors (Lipinski definition) is 3. The van der Waals surface area contributed by atoms with Gasteiger partial charge in [-0.15, -0.1) is 0 Å². The van der Waals surface area contributed by atoms with Crippen LogP contribution in [0, 0.1) is 0 Å². The first kappa shape index (κ1) is 10.3. The van der Waals surface area contributed by atoms with Crippen molar-refractivity contribution in [3.05, 3.63) is 23.8 Å². The highest BCUT2D eigenvalue weighted by Gasteiger charge is 2.10. The van der Waals surface area contributed by atoms with E-state index in [-0.39, 0.29) is 0 Å². The number of nitrogens with one attached hydrogen (secondary N) is 1. The smallest absolute Gasteiger partial charge is 0.0551 e. The average molecular weight is 206 g/mol. The van der Waals surface area contributed by atoms with E-state index in [1.807, 2.05) is 18.2 Å². The maximum Gasteiger partial charge on any atom is 0.0551 e. The predicted molar refractivity (Wildman–Crippen MR) is 62.9 cm³/mol. The normalized spacial score (nSPS) is 17.1. The van der Waals surface area contributed by atoms with Gasteiger partial charge in [0.05, 0.1) is 11.4 Å². The van der Waals surface area contributed by atoms with Gasteiger partial charge < -0.3 is 11.5 Å². The molecule has 0 saturated carbocycles. The molecular formula is C11H18N4. The van der Waals surface area contributed by atoms with Gasteiger partial charge in [0.1, 0.15) is 0 Å². The lowest BCUT2D eigenvalue weighted by molar-refractivity contribution is 0.232. The third-order valence-electron chi connectivity index (χ3n) is 2.76. The van der Waals surface area contributed by atoms with Crippen LogP contribution < -0.4 is 16.9 Å². The molecule has 1 heterocycles. The minimum Gasteiger partial charge on any atom is -0.397 e. The van der Waals surface area contributed by atoms with E-state index in [2.05, 4.69) is 10.4 Å². The highest BCUT2D eigenvalue weighted by atomic mass is 15.5. The van der Waals surface area contributed by atoms with E-state index in [0.717, 1.165) is 19.6 Å². The summed E-state index contributed by atoms with van der Waals surface area (Å²) in [6.07, 6.45) is 2.58. The second-order valence-corrected chi connectivity index (χ2v) is 3.99. The van der Waals surface area contributed by atoms with Crippen LogP contribution >= 0.6 is 0 Å². The van der Waals surface area contributed by atoms with Gasteiger partial charge in [0.15, 0.2) is 0 Å². The molecule has 0 spiro atoms. The van der Waals surface area contributed by atoms with Crippen LogP contribution in [-0.4, -0.2) is 18.1 Å². The van der Waals surface area contributed by atoms with Gasteiger partial charge >= 0.3 is 0 Å². The number of nitrogen functional groups attached to an aromatic ring is 2. The standard InChI is InChI=1S/C11H18N4/c12-10-4-3-9(7-11(10)13)8-14-15-5-1-2-6-15/h3-4,7,14H,1-2,5-6,8,12-13H2. The fraction of sp³-hybridized carbons (Fsp3) is 0.455. The Hall–Kier alpha value is -1.26. The van der Waals surface area contributed by atoms with E-state index in [9.17, 15) is 0 Å². The summed E-state index contributed by atoms with van der Waals surface area (Å²) in [7, 11) is 0. The van der Waals surface area contributed by atoms with Crippen LogP contribution in [0.5, 0.6) is 0 Å². The predicted octanol–water partition coefficient (Wildman–Crippen LogP) is 0.951. The Morgan fingerprint density at radius 2 is 1.87 bits per heavy atom. The fourth-order valence-corrected chi connectivity index (χ4v) is 1.81. The van der Waals surface area contributed by atoms with Crippen molar-refractivity contribution in [2.75, 3.05) is 24.6 Å². The average Bonchev–Trinajstić information content (AvgIpc) is 2.73. The molecule has 1 aromatic carbocycles. The molecule has 4 heteroatoms. The Bertz CT molecular complexity index is 331. The summed E-state index contributed by atoms with van der Waals surface area (Å²) in [6.45, 7) is 3.11. The van der Waals surface area contributed by atoms with Crippen LogP contribution in [0.15, 0.2) is 18.2 Å². The van der Waals surface area contributed by atoms with Crippen molar-refractivity contribution in [3.8, 4) is 0 Å². The topological polar surface area (TPSA) is 67.3 Å². The summed E-state index contributed by atoms with van der Waals surface area (Å²) in [5.74, 6) is 0. The number of rotatable bonds is 3. The summed E-state index contributed by atoms with van der Waals surface area (Å²) in [5, 5.41) is 2.26. The molecule has 2 rings (SSSR count). The van der Waals surface area contributed by atoms with E-state index in [1.165, 1.54) is 18.4 Å². The maximum absolute atomic E-state index is 5.74. The van der Waals surface area contributed by atoms with Crippen LogP contribution in [-0.2, 0) is 6.54 Å². The maximum atomic E-state index is 5.74. The summed E-state index contributed by atoms with van der Waals surface area (Å²) in [4.78, 5) is 0. The first-order valence-electron chi connectivity index (χ1n) is 5.38. The molecule has 1 saturated heterocycles. The number of benzene rings is 1. The van der Waals surface area contributed by atoms with Crippen molar-refractivity contribution in [3.63, 3.8) is 0 Å². The minimum absolute atomic E-state index is 0.653. The monoisotopic (exact) mass is 206 g/mol. The molecule has 0 aromatic heterocycles. The van der Waals surface area contributed by atoms with Gasteiger partial charge in [-0.3, -0.25) is 5.43 Å². The lowest BCUT2D eigenvalue weighted by Crippen LogP contribution is -2.34. The fourth-order valence-electron chi connectivity index (χ4n) is 1.81. The first-order chi connectivity index (χ1) is 7.25. The summed E-state index contributed by atoms with van der Waals surface area (Å²) >= 11 is 0. The first-order valence-corrected chi connectivity index (χ1v) is 5.38. The van der Waals surface area contributed by atoms with Gasteiger partial charge in [-0.25, -0.2) is 5.01 Å². The molecule has 4 nitrogen and oxygen atoms in total. The Morgan fingerprint density at radius 1 is 1.13 bits per heavy atom. The van der Waals surface area contributed by atoms with Crippen molar-refractivity contribution in [1.29, 1.82) is 0 Å². The Labute approximate surface area is 90.2 Å². The second kappa shape index (κ2) is 4.51. The van der Waals surface area contributed by atoms with Crippen molar-refractivity contribution in [2.45, 2.75) is 19.4 Å². The third kappa shape index (κ3) is 2.61. The van der Waals surface area contributed by atoms with Crippen LogP contribution in [0.25, 0.3) is 0 Å². The largest absolute Gasteiger partial charge is 0.397 e. The van der Waals surface area contributed by atoms with Crippen molar-refractivity contribution >= 4 is 11.4 Å². The lowest BCUT2D eigenvalue weighted by Gasteiger charge is -2.16. The number of hydrazine groups is 1. The zero-order valence-electron chi connectivity index (χ0n) is 8.87. The molecular weight excluding hydrogens is 188 g/mol. The minimum atomic E-state index is 0.653. The SMILES string of the molecule is Nc1ccc(CNN2CCCC2)cc1N. The van der Waals surface area contributed by atoms with Gasteiger partial charge in [0.2, 0.25) is 0 Å². The van der Waals surface area contributed by atoms with E-state index in [1.54, 1.807) is 0 Å². The summed E-state index contributed by atoms with van der Waals surface area (Å²) in [6, 6.07) is 5.80. The highest BCUT2D eigenvalue weighted by molar-refractivity contribution is 5.63. The van der Waals surface area contributed by atoms with Crippen LogP contribution in [0.1, 0.15) is 18.4 Å². The van der Waals surface area contributed by atoms with Crippen molar-refractivity contribution in [2.24, 2.45) is 0 Å². The van der Waals surface area contributed by atoms with Crippen LogP contribution in [0.4, 0.5) is 11.4 Å². The molecule has 82 valence electrons. The highest BCUT2D eigenvalue weighted by Crippen LogP contribution is 2.16. The molecule has 15 heavy (non-hydrogen) atoms. The van der Waals surface area contributed by atoms with Gasteiger partial charge in [-0.05, 0) is 30.5 Å². The van der Waals surface area contributed by atoms with Crippen LogP contribution in [0.3, 0.4) is 0 Å². The Balaban J connectivity index is 1.90. The second-order valence-electron chi connectivity index (χ2n) is 3.99. The number of anilines is 2. The van der Waals surface area contributed by atoms with Crippen molar-refractivity contribution in [1.82, 2.24) is 10.4 Å². The molecule has 5 N–H and O–H groups in total. The molecule has 0 unspecified atom stereocenters. The van der Waals surface area contributed by atoms with E-state index in [0.29, 0.717) is 11.4 Å². The zero-order valence-corrected chi connectivity index (χ0v) is 8.87. The molecule has 0 aliphatic carbocycles. The third-order valence-corrected chi connectivity index (χ3v) is 2.76. The molecule has 0 amide bonds. The van der Waals surface area contributed by atoms with Crippen LogP contribution in [0.2, 0.25) is 0 Å². The molecule has 1 fully saturated rings. The molecule has 1 aliphatic heterocycles. The Kier molecular flexibility index (Phi) is 3.08. The van der Waals surface area contributed by atoms with Gasteiger partial charge in [-0.1, -0.05) is 6.07 Å². The molecule has 1 aliphatic rings. The number of hydrogen-bond acceptors (Lipinski definition) is 4. The Morgan fingerprint density at radius 3 is 2.53 bits per heavy atom. The lowest BCUT2D eigenvalue weighted by atomic mass is 10.2. The molecule has 0 radical (unpaired) electrons. The summed E-state index contributed by atoms with van der Waals surface area (Å²) in [5.41, 5.74) is 17.3. The van der Waals surface area contributed by atoms with E-state index in [4.69, 9.17) is 11.5 Å². The molecule has 0 bridgehead atoms. The van der Waals surface area contributed by atoms with Gasteiger partial charge in [0.25, 0.3) is 0 Å². The van der Waals surface area contributed by atoms with E-state index >= 15 is 0 Å². The summed E-state index contributed by atoms with van der Waals surface area (Å²) < 4.78 is 0. The van der Waals surface area contributed by atoms with Gasteiger partial charge in [0, 0.05) is 19.6 Å². The number of nitrogens with zero attached hydrogens (tertiary/aromatic N) is 1. The van der Waals surface area contributed by atoms with Crippen molar-refractivity contribution < 1.29 is 0 Å². The molecule has 0 atom stereocenters. The quantitative estimate of drug-likeness (QED) is 0.644. The molecule has 1 aromatic rings. The number of nitrogens with two attached hydrogens (primary N) is 2. The van der Waals surface area contributed by atoms with Gasteiger partial charge in [-0.2, -0.15) is 0 Å².